The quantitative estimate of drug-likeness (QED) is 0.885. The summed E-state index contributed by atoms with van der Waals surface area (Å²) >= 11 is 6.29. The minimum absolute atomic E-state index is 0.767. The van der Waals surface area contributed by atoms with Crippen molar-refractivity contribution in [2.75, 3.05) is 25.5 Å². The summed E-state index contributed by atoms with van der Waals surface area (Å²) < 4.78 is 0. The van der Waals surface area contributed by atoms with Crippen LogP contribution in [0.2, 0.25) is 5.02 Å². The van der Waals surface area contributed by atoms with E-state index in [-0.39, 0.29) is 0 Å². The fourth-order valence-electron chi connectivity index (χ4n) is 2.21. The van der Waals surface area contributed by atoms with E-state index in [2.05, 4.69) is 34.4 Å². The van der Waals surface area contributed by atoms with Crippen molar-refractivity contribution in [2.45, 2.75) is 13.0 Å². The van der Waals surface area contributed by atoms with Gasteiger partial charge in [-0.25, -0.2) is 0 Å². The lowest BCUT2D eigenvalue weighted by atomic mass is 10.1. The number of likely N-dealkylation sites (N-methyl/N-ethyl adjacent to an activating group) is 1. The van der Waals surface area contributed by atoms with Crippen LogP contribution in [-0.4, -0.2) is 25.6 Å². The minimum Gasteiger partial charge on any atom is -0.374 e. The Morgan fingerprint density at radius 2 is 2.05 bits per heavy atom. The third-order valence-corrected chi connectivity index (χ3v) is 3.64. The van der Waals surface area contributed by atoms with Gasteiger partial charge in [0.1, 0.15) is 0 Å². The number of halogens is 1. The van der Waals surface area contributed by atoms with E-state index in [1.807, 2.05) is 37.5 Å². The van der Waals surface area contributed by atoms with Gasteiger partial charge in [0.25, 0.3) is 0 Å². The number of nitrogens with zero attached hydrogens (tertiary/aromatic N) is 2. The summed E-state index contributed by atoms with van der Waals surface area (Å²) in [5, 5.41) is 3.98. The maximum absolute atomic E-state index is 6.29. The molecule has 2 rings (SSSR count). The molecule has 0 aliphatic carbocycles. The van der Waals surface area contributed by atoms with Crippen LogP contribution in [-0.2, 0) is 13.0 Å². The van der Waals surface area contributed by atoms with Gasteiger partial charge in [-0.2, -0.15) is 0 Å². The molecule has 0 bridgehead atoms. The Bertz CT molecular complexity index is 543. The standard InChI is InChI=1S/C16H20ClN3/c1-18-12-14-15(17)7-5-8-16(14)20(2)11-9-13-6-3-4-10-19-13/h3-8,10,18H,9,11-12H2,1-2H3. The molecule has 1 aromatic carbocycles. The molecule has 0 saturated carbocycles. The van der Waals surface area contributed by atoms with E-state index in [4.69, 9.17) is 11.6 Å². The Morgan fingerprint density at radius 1 is 1.20 bits per heavy atom. The zero-order valence-corrected chi connectivity index (χ0v) is 12.7. The van der Waals surface area contributed by atoms with Gasteiger partial charge in [0.15, 0.2) is 0 Å². The van der Waals surface area contributed by atoms with Crippen molar-refractivity contribution in [1.29, 1.82) is 0 Å². The summed E-state index contributed by atoms with van der Waals surface area (Å²) in [5.74, 6) is 0. The number of anilines is 1. The summed E-state index contributed by atoms with van der Waals surface area (Å²) in [4.78, 5) is 6.59. The molecule has 4 heteroatoms. The maximum Gasteiger partial charge on any atom is 0.0471 e. The zero-order valence-electron chi connectivity index (χ0n) is 11.9. The van der Waals surface area contributed by atoms with E-state index in [1.54, 1.807) is 0 Å². The summed E-state index contributed by atoms with van der Waals surface area (Å²) in [7, 11) is 4.02. The lowest BCUT2D eigenvalue weighted by Gasteiger charge is -2.23. The van der Waals surface area contributed by atoms with Gasteiger partial charge in [-0.05, 0) is 31.3 Å². The number of pyridine rings is 1. The second-order valence-corrected chi connectivity index (χ2v) is 5.17. The van der Waals surface area contributed by atoms with E-state index in [9.17, 15) is 0 Å². The second kappa shape index (κ2) is 7.27. The molecule has 1 N–H and O–H groups in total. The normalized spacial score (nSPS) is 10.6. The summed E-state index contributed by atoms with van der Waals surface area (Å²) in [6, 6.07) is 12.1. The number of aromatic nitrogens is 1. The molecule has 0 unspecified atom stereocenters. The molecule has 2 aromatic rings. The van der Waals surface area contributed by atoms with Gasteiger partial charge >= 0.3 is 0 Å². The molecule has 3 nitrogen and oxygen atoms in total. The fourth-order valence-corrected chi connectivity index (χ4v) is 2.44. The molecule has 0 saturated heterocycles. The Morgan fingerprint density at radius 3 is 2.75 bits per heavy atom. The largest absolute Gasteiger partial charge is 0.374 e. The van der Waals surface area contributed by atoms with E-state index in [0.29, 0.717) is 0 Å². The van der Waals surface area contributed by atoms with Crippen molar-refractivity contribution in [2.24, 2.45) is 0 Å². The van der Waals surface area contributed by atoms with Crippen molar-refractivity contribution >= 4 is 17.3 Å². The minimum atomic E-state index is 0.767. The van der Waals surface area contributed by atoms with Gasteiger partial charge in [0.2, 0.25) is 0 Å². The first-order valence-electron chi connectivity index (χ1n) is 6.75. The Balaban J connectivity index is 2.09. The number of nitrogens with one attached hydrogen (secondary N) is 1. The van der Waals surface area contributed by atoms with Gasteiger partial charge in [-0.15, -0.1) is 0 Å². The average Bonchev–Trinajstić information content (AvgIpc) is 2.48. The average molecular weight is 290 g/mol. The van der Waals surface area contributed by atoms with Crippen molar-refractivity contribution in [3.8, 4) is 0 Å². The van der Waals surface area contributed by atoms with Crippen LogP contribution in [0.25, 0.3) is 0 Å². The summed E-state index contributed by atoms with van der Waals surface area (Å²) in [6.07, 6.45) is 2.75. The Labute approximate surface area is 125 Å². The monoisotopic (exact) mass is 289 g/mol. The van der Waals surface area contributed by atoms with Crippen LogP contribution < -0.4 is 10.2 Å². The van der Waals surface area contributed by atoms with E-state index >= 15 is 0 Å². The molecule has 0 fully saturated rings. The molecule has 0 aliphatic rings. The first-order chi connectivity index (χ1) is 9.72. The van der Waals surface area contributed by atoms with Crippen LogP contribution in [0, 0.1) is 0 Å². The smallest absolute Gasteiger partial charge is 0.0471 e. The van der Waals surface area contributed by atoms with Crippen molar-refractivity contribution in [3.05, 3.63) is 58.9 Å². The van der Waals surface area contributed by atoms with Crippen LogP contribution >= 0.6 is 11.6 Å². The van der Waals surface area contributed by atoms with Crippen molar-refractivity contribution in [3.63, 3.8) is 0 Å². The highest BCUT2D eigenvalue weighted by Crippen LogP contribution is 2.26. The maximum atomic E-state index is 6.29. The zero-order chi connectivity index (χ0) is 14.4. The molecule has 0 amide bonds. The molecular weight excluding hydrogens is 270 g/mol. The van der Waals surface area contributed by atoms with Crippen LogP contribution in [0.4, 0.5) is 5.69 Å². The van der Waals surface area contributed by atoms with Gasteiger partial charge < -0.3 is 10.2 Å². The Hall–Kier alpha value is -1.58. The molecule has 0 spiro atoms. The fraction of sp³-hybridized carbons (Fsp3) is 0.312. The second-order valence-electron chi connectivity index (χ2n) is 4.76. The first-order valence-corrected chi connectivity index (χ1v) is 7.13. The van der Waals surface area contributed by atoms with Crippen LogP contribution in [0.5, 0.6) is 0 Å². The first kappa shape index (κ1) is 14.8. The number of hydrogen-bond acceptors (Lipinski definition) is 3. The van der Waals surface area contributed by atoms with Gasteiger partial charge in [0.05, 0.1) is 0 Å². The van der Waals surface area contributed by atoms with E-state index < -0.39 is 0 Å². The van der Waals surface area contributed by atoms with Crippen LogP contribution in [0.15, 0.2) is 42.6 Å². The van der Waals surface area contributed by atoms with E-state index in [0.717, 1.165) is 35.8 Å². The third-order valence-electron chi connectivity index (χ3n) is 3.29. The third kappa shape index (κ3) is 3.71. The molecule has 0 radical (unpaired) electrons. The number of benzene rings is 1. The SMILES string of the molecule is CNCc1c(Cl)cccc1N(C)CCc1ccccn1. The molecule has 1 heterocycles. The predicted octanol–water partition coefficient (Wildman–Crippen LogP) is 3.13. The lowest BCUT2D eigenvalue weighted by molar-refractivity contribution is 0.798. The molecular formula is C16H20ClN3. The van der Waals surface area contributed by atoms with Crippen LogP contribution in [0.3, 0.4) is 0 Å². The molecule has 0 atom stereocenters. The number of hydrogen-bond donors (Lipinski definition) is 1. The summed E-state index contributed by atoms with van der Waals surface area (Å²) in [6.45, 7) is 1.68. The highest BCUT2D eigenvalue weighted by Gasteiger charge is 2.10. The molecule has 106 valence electrons. The topological polar surface area (TPSA) is 28.2 Å². The van der Waals surface area contributed by atoms with Gasteiger partial charge in [-0.3, -0.25) is 4.98 Å². The Kier molecular flexibility index (Phi) is 5.39. The van der Waals surface area contributed by atoms with Crippen LogP contribution in [0.1, 0.15) is 11.3 Å². The van der Waals surface area contributed by atoms with Crippen molar-refractivity contribution < 1.29 is 0 Å². The molecule has 20 heavy (non-hydrogen) atoms. The predicted molar refractivity (Wildman–Crippen MR) is 85.4 cm³/mol. The summed E-state index contributed by atoms with van der Waals surface area (Å²) in [5.41, 5.74) is 3.42. The highest BCUT2D eigenvalue weighted by molar-refractivity contribution is 6.31. The van der Waals surface area contributed by atoms with Gasteiger partial charge in [0, 0.05) is 54.7 Å². The lowest BCUT2D eigenvalue weighted by Crippen LogP contribution is -2.23. The number of rotatable bonds is 6. The molecule has 1 aromatic heterocycles. The van der Waals surface area contributed by atoms with E-state index in [1.165, 1.54) is 5.69 Å². The molecule has 0 aliphatic heterocycles. The highest BCUT2D eigenvalue weighted by atomic mass is 35.5. The van der Waals surface area contributed by atoms with Gasteiger partial charge in [-0.1, -0.05) is 23.7 Å². The van der Waals surface area contributed by atoms with Crippen molar-refractivity contribution in [1.82, 2.24) is 10.3 Å².